The van der Waals surface area contributed by atoms with Gasteiger partial charge in [0.1, 0.15) is 0 Å². The van der Waals surface area contributed by atoms with Crippen molar-refractivity contribution >= 4 is 0 Å². The summed E-state index contributed by atoms with van der Waals surface area (Å²) in [6.45, 7) is 0. The van der Waals surface area contributed by atoms with Gasteiger partial charge in [-0.05, 0) is 243 Å². The summed E-state index contributed by atoms with van der Waals surface area (Å²) < 4.78 is 0. The second-order valence-corrected chi connectivity index (χ2v) is 18.9. The first kappa shape index (κ1) is 40.7. The lowest BCUT2D eigenvalue weighted by Gasteiger charge is -2.19. The summed E-state index contributed by atoms with van der Waals surface area (Å²) in [6, 6.07) is 48.2. The van der Waals surface area contributed by atoms with E-state index in [-0.39, 0.29) is 0 Å². The van der Waals surface area contributed by atoms with Gasteiger partial charge in [0.2, 0.25) is 0 Å². The molecule has 0 N–H and O–H groups in total. The van der Waals surface area contributed by atoms with Crippen molar-refractivity contribution in [3.8, 4) is 0 Å². The largest absolute Gasteiger partial charge is 0.0588 e. The van der Waals surface area contributed by atoms with Crippen molar-refractivity contribution in [1.82, 2.24) is 0 Å². The maximum atomic E-state index is 2.62. The Bertz CT molecular complexity index is 1800. The fourth-order valence-corrected chi connectivity index (χ4v) is 10.8. The zero-order valence-electron chi connectivity index (χ0n) is 36.5. The van der Waals surface area contributed by atoms with Gasteiger partial charge >= 0.3 is 0 Å². The quantitative estimate of drug-likeness (QED) is 0.144. The number of benzene rings is 6. The fourth-order valence-electron chi connectivity index (χ4n) is 10.8. The molecule has 308 valence electrons. The molecule has 0 unspecified atom stereocenters. The van der Waals surface area contributed by atoms with Crippen LogP contribution in [0.5, 0.6) is 0 Å². The summed E-state index contributed by atoms with van der Waals surface area (Å²) in [7, 11) is 0. The van der Waals surface area contributed by atoms with Crippen molar-refractivity contribution in [2.75, 3.05) is 0 Å². The maximum absolute atomic E-state index is 2.62. The first-order valence-electron chi connectivity index (χ1n) is 24.3. The molecule has 0 saturated heterocycles. The molecular weight excluding hydrogens is 721 g/mol. The molecule has 60 heavy (non-hydrogen) atoms. The molecule has 22 rings (SSSR count). The molecule has 0 heteroatoms. The van der Waals surface area contributed by atoms with E-state index in [1.807, 2.05) is 0 Å². The Hall–Kier alpha value is -4.68. The second kappa shape index (κ2) is 20.3. The van der Waals surface area contributed by atoms with Crippen LogP contribution in [0.4, 0.5) is 0 Å². The predicted molar refractivity (Wildman–Crippen MR) is 255 cm³/mol. The molecule has 0 saturated carbocycles. The van der Waals surface area contributed by atoms with Crippen molar-refractivity contribution in [2.45, 2.75) is 154 Å². The van der Waals surface area contributed by atoms with E-state index >= 15 is 0 Å². The van der Waals surface area contributed by atoms with Gasteiger partial charge in [0.25, 0.3) is 0 Å². The van der Waals surface area contributed by atoms with E-state index in [1.54, 1.807) is 44.5 Å². The summed E-state index contributed by atoms with van der Waals surface area (Å²) in [6.07, 6.45) is 29.4. The number of aryl methyl sites for hydroxylation is 16. The van der Waals surface area contributed by atoms with Crippen LogP contribution in [0.2, 0.25) is 0 Å². The Morgan fingerprint density at radius 2 is 0.267 bits per heavy atom. The first-order valence-corrected chi connectivity index (χ1v) is 24.3. The molecule has 16 aliphatic carbocycles. The lowest BCUT2D eigenvalue weighted by Crippen LogP contribution is -2.06. The zero-order valence-corrected chi connectivity index (χ0v) is 36.5. The van der Waals surface area contributed by atoms with Crippen LogP contribution in [0, 0.1) is 0 Å². The first-order chi connectivity index (χ1) is 29.7. The molecule has 0 amide bonds. The Kier molecular flexibility index (Phi) is 13.7. The van der Waals surface area contributed by atoms with Crippen LogP contribution >= 0.6 is 0 Å². The van der Waals surface area contributed by atoms with Gasteiger partial charge in [0, 0.05) is 0 Å². The van der Waals surface area contributed by atoms with Gasteiger partial charge in [-0.15, -0.1) is 0 Å². The van der Waals surface area contributed by atoms with Gasteiger partial charge in [-0.1, -0.05) is 121 Å². The summed E-state index contributed by atoms with van der Waals surface area (Å²) in [4.78, 5) is 0. The lowest BCUT2D eigenvalue weighted by atomic mass is 9.87. The summed E-state index contributed by atoms with van der Waals surface area (Å²) in [5.74, 6) is 0. The highest BCUT2D eigenvalue weighted by Crippen LogP contribution is 2.28. The minimum absolute atomic E-state index is 1.20. The highest BCUT2D eigenvalue weighted by atomic mass is 14.2. The van der Waals surface area contributed by atoms with E-state index in [9.17, 15) is 0 Å². The standard InChI is InChI=1S/2C30H34/c2*1-5-23-13-15-24(16-14-23)7-4-12-30-22-28-10-2-6-25-17-19-26(20-18-25)8-3-11-29(30)21-27(28)9-1/h2*13-22H,1-12H2. The third-order valence-electron chi connectivity index (χ3n) is 14.4. The third-order valence-corrected chi connectivity index (χ3v) is 14.4. The molecule has 0 fully saturated rings. The third kappa shape index (κ3) is 11.0. The molecule has 0 atom stereocenters. The van der Waals surface area contributed by atoms with E-state index in [1.165, 1.54) is 199 Å². The molecule has 16 bridgehead atoms. The van der Waals surface area contributed by atoms with E-state index < -0.39 is 0 Å². The SMILES string of the molecule is c1cc2ccc1CCCc1cc3c(cc1CCCc1ccc(cc1)CCC3)CCC2.c1cc2ccc1CCCc1cc3c(cc1CCCc1ccc(cc1)CCC3)CCC2. The maximum Gasteiger partial charge on any atom is -0.0273 e. The zero-order chi connectivity index (χ0) is 40.4. The smallest absolute Gasteiger partial charge is 0.0273 e. The molecule has 16 aliphatic rings. The minimum atomic E-state index is 1.20. The van der Waals surface area contributed by atoms with Crippen molar-refractivity contribution < 1.29 is 0 Å². The Labute approximate surface area is 362 Å². The average Bonchev–Trinajstić information content (AvgIpc) is 3.28. The van der Waals surface area contributed by atoms with Crippen molar-refractivity contribution in [3.63, 3.8) is 0 Å². The second-order valence-electron chi connectivity index (χ2n) is 18.9. The van der Waals surface area contributed by atoms with E-state index in [4.69, 9.17) is 0 Å². The topological polar surface area (TPSA) is 0 Å². The summed E-state index contributed by atoms with van der Waals surface area (Å²) >= 11 is 0. The molecule has 6 aromatic rings. The van der Waals surface area contributed by atoms with Gasteiger partial charge in [-0.3, -0.25) is 0 Å². The van der Waals surface area contributed by atoms with Crippen LogP contribution in [0.25, 0.3) is 0 Å². The highest BCUT2D eigenvalue weighted by Gasteiger charge is 2.15. The van der Waals surface area contributed by atoms with Gasteiger partial charge in [0.15, 0.2) is 0 Å². The summed E-state index contributed by atoms with van der Waals surface area (Å²) in [5, 5.41) is 0. The molecule has 0 spiro atoms. The summed E-state index contributed by atoms with van der Waals surface area (Å²) in [5.41, 5.74) is 25.1. The van der Waals surface area contributed by atoms with E-state index in [2.05, 4.69) is 121 Å². The molecule has 0 radical (unpaired) electrons. The highest BCUT2D eigenvalue weighted by molar-refractivity contribution is 5.42. The molecule has 0 nitrogen and oxygen atoms in total. The van der Waals surface area contributed by atoms with Gasteiger partial charge in [0.05, 0.1) is 0 Å². The van der Waals surface area contributed by atoms with Gasteiger partial charge in [-0.2, -0.15) is 0 Å². The fraction of sp³-hybridized carbons (Fsp3) is 0.400. The Morgan fingerprint density at radius 1 is 0.150 bits per heavy atom. The van der Waals surface area contributed by atoms with Crippen LogP contribution in [0.1, 0.15) is 140 Å². The minimum Gasteiger partial charge on any atom is -0.0588 e. The number of hydrogen-bond acceptors (Lipinski definition) is 0. The van der Waals surface area contributed by atoms with Crippen molar-refractivity contribution in [2.24, 2.45) is 0 Å². The van der Waals surface area contributed by atoms with Gasteiger partial charge in [-0.25, -0.2) is 0 Å². The van der Waals surface area contributed by atoms with Crippen LogP contribution < -0.4 is 0 Å². The average molecular weight is 789 g/mol. The number of hydrogen-bond donors (Lipinski definition) is 0. The van der Waals surface area contributed by atoms with Crippen molar-refractivity contribution in [1.29, 1.82) is 0 Å². The normalized spacial score (nSPS) is 17.1. The van der Waals surface area contributed by atoms with Crippen LogP contribution in [0.15, 0.2) is 121 Å². The van der Waals surface area contributed by atoms with E-state index in [0.717, 1.165) is 0 Å². The van der Waals surface area contributed by atoms with Crippen molar-refractivity contribution in [3.05, 3.63) is 210 Å². The molecular formula is C60H68. The molecule has 0 heterocycles. The Morgan fingerprint density at radius 3 is 0.383 bits per heavy atom. The van der Waals surface area contributed by atoms with Crippen LogP contribution in [0.3, 0.4) is 0 Å². The number of rotatable bonds is 0. The molecule has 0 aromatic heterocycles. The van der Waals surface area contributed by atoms with Crippen LogP contribution in [-0.2, 0) is 103 Å². The van der Waals surface area contributed by atoms with E-state index in [0.29, 0.717) is 0 Å². The van der Waals surface area contributed by atoms with Crippen LogP contribution in [-0.4, -0.2) is 0 Å². The predicted octanol–water partition coefficient (Wildman–Crippen LogP) is 14.0. The Balaban J connectivity index is 0.000000154. The molecule has 0 aliphatic heterocycles. The van der Waals surface area contributed by atoms with Gasteiger partial charge < -0.3 is 0 Å². The lowest BCUT2D eigenvalue weighted by molar-refractivity contribution is 0.746. The molecule has 6 aromatic carbocycles. The monoisotopic (exact) mass is 789 g/mol.